The first kappa shape index (κ1) is 19.4. The van der Waals surface area contributed by atoms with Gasteiger partial charge in [0.1, 0.15) is 22.3 Å². The summed E-state index contributed by atoms with van der Waals surface area (Å²) in [5.41, 5.74) is -0.676. The monoisotopic (exact) mass is 401 g/mol. The van der Waals surface area contributed by atoms with Gasteiger partial charge in [0.2, 0.25) is 10.0 Å². The molecule has 25 heavy (non-hydrogen) atoms. The third-order valence-corrected chi connectivity index (χ3v) is 4.67. The molecule has 0 aliphatic carbocycles. The molecule has 0 aliphatic heterocycles. The molecule has 2 aromatic carbocycles. The van der Waals surface area contributed by atoms with E-state index < -0.39 is 55.8 Å². The predicted octanol–water partition coefficient (Wildman–Crippen LogP) is 4.00. The van der Waals surface area contributed by atoms with E-state index in [1.165, 1.54) is 6.07 Å². The van der Waals surface area contributed by atoms with Crippen LogP contribution >= 0.6 is 11.6 Å². The van der Waals surface area contributed by atoms with Crippen LogP contribution in [0.1, 0.15) is 5.56 Å². The molecule has 0 unspecified atom stereocenters. The number of ether oxygens (including phenoxy) is 1. The van der Waals surface area contributed by atoms with E-state index in [-0.39, 0.29) is 0 Å². The molecule has 2 rings (SSSR count). The molecule has 2 aromatic rings. The van der Waals surface area contributed by atoms with Crippen LogP contribution in [0.15, 0.2) is 41.3 Å². The number of alkyl halides is 3. The lowest BCUT2D eigenvalue weighted by Gasteiger charge is -2.14. The second-order valence-electron chi connectivity index (χ2n) is 4.64. The highest BCUT2D eigenvalue weighted by Crippen LogP contribution is 2.29. The molecule has 0 heterocycles. The minimum Gasteiger partial charge on any atom is -0.404 e. The summed E-state index contributed by atoms with van der Waals surface area (Å²) >= 11 is 5.49. The Morgan fingerprint density at radius 1 is 1.08 bits per heavy atom. The summed E-state index contributed by atoms with van der Waals surface area (Å²) in [6.07, 6.45) is -5.11. The van der Waals surface area contributed by atoms with Crippen molar-refractivity contribution in [2.75, 3.05) is 0 Å². The molecule has 0 aliphatic rings. The number of rotatable bonds is 5. The Bertz CT molecular complexity index is 887. The highest BCUT2D eigenvalue weighted by Gasteiger charge is 2.34. The van der Waals surface area contributed by atoms with Gasteiger partial charge < -0.3 is 4.74 Å². The highest BCUT2D eigenvalue weighted by atomic mass is 35.5. The van der Waals surface area contributed by atoms with Gasteiger partial charge in [0, 0.05) is 12.1 Å². The molecule has 0 amide bonds. The van der Waals surface area contributed by atoms with Gasteiger partial charge in [-0.1, -0.05) is 23.7 Å². The van der Waals surface area contributed by atoms with Crippen LogP contribution in [0.2, 0.25) is 5.02 Å². The molecule has 0 bridgehead atoms. The maximum absolute atomic E-state index is 13.8. The van der Waals surface area contributed by atoms with Crippen LogP contribution in [-0.4, -0.2) is 14.8 Å². The third kappa shape index (κ3) is 4.80. The number of hydrogen-bond acceptors (Lipinski definition) is 3. The van der Waals surface area contributed by atoms with E-state index >= 15 is 0 Å². The smallest absolute Gasteiger partial charge is 0.404 e. The van der Waals surface area contributed by atoms with Gasteiger partial charge in [-0.15, -0.1) is 13.2 Å². The molecular formula is C14H9ClF5NO3S. The van der Waals surface area contributed by atoms with E-state index in [0.717, 1.165) is 30.3 Å². The van der Waals surface area contributed by atoms with Crippen molar-refractivity contribution in [3.8, 4) is 5.75 Å². The molecule has 0 saturated carbocycles. The molecule has 4 nitrogen and oxygen atoms in total. The van der Waals surface area contributed by atoms with Crippen molar-refractivity contribution in [2.24, 2.45) is 0 Å². The number of halogens is 6. The van der Waals surface area contributed by atoms with Gasteiger partial charge >= 0.3 is 6.36 Å². The van der Waals surface area contributed by atoms with Gasteiger partial charge in [-0.2, -0.15) is 0 Å². The maximum atomic E-state index is 13.8. The van der Waals surface area contributed by atoms with Crippen LogP contribution in [0.3, 0.4) is 0 Å². The molecule has 0 aromatic heterocycles. The first-order valence-electron chi connectivity index (χ1n) is 6.48. The molecule has 0 saturated heterocycles. The van der Waals surface area contributed by atoms with E-state index in [9.17, 15) is 30.4 Å². The van der Waals surface area contributed by atoms with E-state index in [1.807, 2.05) is 4.72 Å². The van der Waals surface area contributed by atoms with Gasteiger partial charge in [0.25, 0.3) is 0 Å². The van der Waals surface area contributed by atoms with Crippen molar-refractivity contribution in [2.45, 2.75) is 17.8 Å². The Labute approximate surface area is 144 Å². The molecule has 136 valence electrons. The third-order valence-electron chi connectivity index (χ3n) is 2.94. The van der Waals surface area contributed by atoms with E-state index in [1.54, 1.807) is 0 Å². The molecule has 0 atom stereocenters. The van der Waals surface area contributed by atoms with E-state index in [4.69, 9.17) is 11.6 Å². The van der Waals surface area contributed by atoms with Crippen molar-refractivity contribution >= 4 is 21.6 Å². The number of nitrogens with one attached hydrogen (secondary N) is 1. The van der Waals surface area contributed by atoms with Crippen molar-refractivity contribution in [1.82, 2.24) is 4.72 Å². The van der Waals surface area contributed by atoms with Gasteiger partial charge in [-0.05, 0) is 24.3 Å². The minimum absolute atomic E-state index is 0.434. The summed E-state index contributed by atoms with van der Waals surface area (Å²) in [4.78, 5) is -0.838. The summed E-state index contributed by atoms with van der Waals surface area (Å²) < 4.78 is 94.3. The van der Waals surface area contributed by atoms with Gasteiger partial charge in [-0.3, -0.25) is 0 Å². The van der Waals surface area contributed by atoms with Gasteiger partial charge in [0.05, 0.1) is 5.02 Å². The molecule has 0 radical (unpaired) electrons. The standard InChI is InChI=1S/C14H9ClF5NO3S/c15-9-5-6-10(16)8(13(9)17)7-21-25(22,23)12-4-2-1-3-11(12)24-14(18,19)20/h1-6,21H,7H2. The largest absolute Gasteiger partial charge is 0.573 e. The summed E-state index contributed by atoms with van der Waals surface area (Å²) in [5, 5.41) is -0.434. The fourth-order valence-electron chi connectivity index (χ4n) is 1.86. The lowest BCUT2D eigenvalue weighted by atomic mass is 10.2. The molecular weight excluding hydrogens is 393 g/mol. The average Bonchev–Trinajstić information content (AvgIpc) is 2.50. The average molecular weight is 402 g/mol. The Hall–Kier alpha value is -1.91. The summed E-state index contributed by atoms with van der Waals surface area (Å²) in [7, 11) is -4.56. The first-order chi connectivity index (χ1) is 11.5. The van der Waals surface area contributed by atoms with Gasteiger partial charge in [-0.25, -0.2) is 21.9 Å². The Balaban J connectivity index is 2.31. The first-order valence-corrected chi connectivity index (χ1v) is 8.34. The summed E-state index contributed by atoms with van der Waals surface area (Å²) in [6.45, 7) is -0.860. The summed E-state index contributed by atoms with van der Waals surface area (Å²) in [6, 6.07) is 5.72. The number of para-hydroxylation sites is 1. The Morgan fingerprint density at radius 2 is 1.72 bits per heavy atom. The number of sulfonamides is 1. The predicted molar refractivity (Wildman–Crippen MR) is 78.5 cm³/mol. The lowest BCUT2D eigenvalue weighted by molar-refractivity contribution is -0.275. The minimum atomic E-state index is -5.11. The zero-order valence-electron chi connectivity index (χ0n) is 12.1. The van der Waals surface area contributed by atoms with E-state index in [2.05, 4.69) is 4.74 Å². The number of hydrogen-bond donors (Lipinski definition) is 1. The molecule has 0 fully saturated rings. The second kappa shape index (κ2) is 7.14. The lowest BCUT2D eigenvalue weighted by Crippen LogP contribution is -2.26. The fourth-order valence-corrected chi connectivity index (χ4v) is 3.16. The van der Waals surface area contributed by atoms with Crippen LogP contribution in [0.4, 0.5) is 22.0 Å². The van der Waals surface area contributed by atoms with Crippen LogP contribution < -0.4 is 9.46 Å². The SMILES string of the molecule is O=S(=O)(NCc1c(F)ccc(Cl)c1F)c1ccccc1OC(F)(F)F. The second-order valence-corrected chi connectivity index (χ2v) is 6.78. The van der Waals surface area contributed by atoms with Gasteiger partial charge in [0.15, 0.2) is 0 Å². The number of benzene rings is 2. The van der Waals surface area contributed by atoms with Crippen molar-refractivity contribution < 1.29 is 35.1 Å². The normalized spacial score (nSPS) is 12.2. The topological polar surface area (TPSA) is 55.4 Å². The zero-order chi connectivity index (χ0) is 18.8. The van der Waals surface area contributed by atoms with Crippen molar-refractivity contribution in [3.05, 3.63) is 58.6 Å². The Morgan fingerprint density at radius 3 is 2.36 bits per heavy atom. The van der Waals surface area contributed by atoms with Crippen LogP contribution in [0.5, 0.6) is 5.75 Å². The van der Waals surface area contributed by atoms with E-state index in [0.29, 0.717) is 0 Å². The fraction of sp³-hybridized carbons (Fsp3) is 0.143. The Kier molecular flexibility index (Phi) is 5.55. The molecule has 0 spiro atoms. The van der Waals surface area contributed by atoms with Crippen molar-refractivity contribution in [3.63, 3.8) is 0 Å². The van der Waals surface area contributed by atoms with Crippen LogP contribution in [0.25, 0.3) is 0 Å². The van der Waals surface area contributed by atoms with Crippen LogP contribution in [0, 0.1) is 11.6 Å². The highest BCUT2D eigenvalue weighted by molar-refractivity contribution is 7.89. The molecule has 1 N–H and O–H groups in total. The zero-order valence-corrected chi connectivity index (χ0v) is 13.6. The van der Waals surface area contributed by atoms with Crippen molar-refractivity contribution in [1.29, 1.82) is 0 Å². The van der Waals surface area contributed by atoms with Crippen LogP contribution in [-0.2, 0) is 16.6 Å². The molecule has 11 heteroatoms. The maximum Gasteiger partial charge on any atom is 0.573 e. The quantitative estimate of drug-likeness (QED) is 0.608. The summed E-state index contributed by atoms with van der Waals surface area (Å²) in [5.74, 6) is -3.22.